The monoisotopic (exact) mass is 245 g/mol. The Morgan fingerprint density at radius 3 is 2.47 bits per heavy atom. The highest BCUT2D eigenvalue weighted by molar-refractivity contribution is 7.10. The van der Waals surface area contributed by atoms with Crippen LogP contribution in [-0.4, -0.2) is 6.04 Å². The van der Waals surface area contributed by atoms with E-state index in [-0.39, 0.29) is 0 Å². The number of thiophene rings is 1. The van der Waals surface area contributed by atoms with Gasteiger partial charge in [0.2, 0.25) is 0 Å². The van der Waals surface area contributed by atoms with Crippen LogP contribution in [0.1, 0.15) is 36.8 Å². The maximum absolute atomic E-state index is 3.70. The highest BCUT2D eigenvalue weighted by Crippen LogP contribution is 2.26. The van der Waals surface area contributed by atoms with Crippen LogP contribution in [-0.2, 0) is 0 Å². The van der Waals surface area contributed by atoms with E-state index >= 15 is 0 Å². The molecule has 2 unspecified atom stereocenters. The molecular weight excluding hydrogens is 226 g/mol. The highest BCUT2D eigenvalue weighted by Gasteiger charge is 2.16. The number of rotatable bonds is 5. The molecule has 0 saturated carbocycles. The average molecular weight is 245 g/mol. The predicted octanol–water partition coefficient (Wildman–Crippen LogP) is 4.23. The van der Waals surface area contributed by atoms with Gasteiger partial charge in [0.1, 0.15) is 0 Å². The molecule has 2 rings (SSSR count). The number of hydrogen-bond acceptors (Lipinski definition) is 2. The van der Waals surface area contributed by atoms with Crippen LogP contribution in [0.5, 0.6) is 0 Å². The van der Waals surface area contributed by atoms with Crippen molar-refractivity contribution in [2.45, 2.75) is 32.4 Å². The largest absolute Gasteiger partial charge is 0.303 e. The first-order valence-corrected chi connectivity index (χ1v) is 7.03. The fourth-order valence-electron chi connectivity index (χ4n) is 1.85. The van der Waals surface area contributed by atoms with E-state index < -0.39 is 0 Å². The molecule has 1 heterocycles. The molecule has 0 fully saturated rings. The molecule has 1 nitrogen and oxygen atoms in total. The van der Waals surface area contributed by atoms with Gasteiger partial charge in [0, 0.05) is 10.9 Å². The molecule has 0 aliphatic carbocycles. The second-order valence-electron chi connectivity index (χ2n) is 4.34. The Morgan fingerprint density at radius 1 is 1.12 bits per heavy atom. The van der Waals surface area contributed by atoms with Crippen molar-refractivity contribution in [1.82, 2.24) is 5.32 Å². The van der Waals surface area contributed by atoms with Gasteiger partial charge in [-0.15, -0.1) is 11.3 Å². The molecule has 1 N–H and O–H groups in total. The van der Waals surface area contributed by atoms with Gasteiger partial charge in [-0.25, -0.2) is 0 Å². The molecule has 2 atom stereocenters. The summed E-state index contributed by atoms with van der Waals surface area (Å²) < 4.78 is 0. The van der Waals surface area contributed by atoms with Crippen LogP contribution in [0.2, 0.25) is 0 Å². The van der Waals surface area contributed by atoms with Crippen molar-refractivity contribution in [1.29, 1.82) is 0 Å². The summed E-state index contributed by atoms with van der Waals surface area (Å²) in [5.74, 6) is 0. The third kappa shape index (κ3) is 3.18. The van der Waals surface area contributed by atoms with E-state index in [0.29, 0.717) is 12.1 Å². The van der Waals surface area contributed by atoms with Gasteiger partial charge in [0.25, 0.3) is 0 Å². The van der Waals surface area contributed by atoms with Crippen LogP contribution in [0.25, 0.3) is 0 Å². The molecule has 2 aromatic rings. The third-order valence-electron chi connectivity index (χ3n) is 3.02. The predicted molar refractivity (Wildman–Crippen MR) is 75.5 cm³/mol. The molecule has 1 aromatic heterocycles. The van der Waals surface area contributed by atoms with Crippen molar-refractivity contribution in [3.8, 4) is 0 Å². The van der Waals surface area contributed by atoms with Gasteiger partial charge in [-0.3, -0.25) is 0 Å². The van der Waals surface area contributed by atoms with E-state index in [9.17, 15) is 0 Å². The molecule has 17 heavy (non-hydrogen) atoms. The average Bonchev–Trinajstić information content (AvgIpc) is 2.90. The van der Waals surface area contributed by atoms with Gasteiger partial charge >= 0.3 is 0 Å². The van der Waals surface area contributed by atoms with Crippen LogP contribution in [0.3, 0.4) is 0 Å². The van der Waals surface area contributed by atoms with E-state index in [1.807, 2.05) is 11.3 Å². The van der Waals surface area contributed by atoms with Crippen molar-refractivity contribution < 1.29 is 0 Å². The fourth-order valence-corrected chi connectivity index (χ4v) is 2.66. The van der Waals surface area contributed by atoms with Crippen molar-refractivity contribution in [3.05, 3.63) is 58.3 Å². The molecule has 0 aliphatic heterocycles. The normalized spacial score (nSPS) is 14.5. The zero-order chi connectivity index (χ0) is 12.1. The highest BCUT2D eigenvalue weighted by atomic mass is 32.1. The topological polar surface area (TPSA) is 12.0 Å². The lowest BCUT2D eigenvalue weighted by Gasteiger charge is -2.22. The van der Waals surface area contributed by atoms with Crippen LogP contribution in [0.4, 0.5) is 0 Å². The minimum atomic E-state index is 0.325. The van der Waals surface area contributed by atoms with Crippen LogP contribution < -0.4 is 5.32 Å². The summed E-state index contributed by atoms with van der Waals surface area (Å²) in [5, 5.41) is 5.84. The molecule has 0 radical (unpaired) electrons. The van der Waals surface area contributed by atoms with E-state index in [1.54, 1.807) is 0 Å². The second-order valence-corrected chi connectivity index (χ2v) is 5.31. The Labute approximate surface area is 108 Å². The summed E-state index contributed by atoms with van der Waals surface area (Å²) >= 11 is 1.82. The van der Waals surface area contributed by atoms with Crippen LogP contribution >= 0.6 is 11.3 Å². The molecule has 90 valence electrons. The Kier molecular flexibility index (Phi) is 4.35. The summed E-state index contributed by atoms with van der Waals surface area (Å²) in [6.07, 6.45) is 1.15. The lowest BCUT2D eigenvalue weighted by Crippen LogP contribution is -2.30. The van der Waals surface area contributed by atoms with Crippen molar-refractivity contribution in [3.63, 3.8) is 0 Å². The zero-order valence-electron chi connectivity index (χ0n) is 10.4. The summed E-state index contributed by atoms with van der Waals surface area (Å²) in [4.78, 5) is 1.39. The maximum Gasteiger partial charge on any atom is 0.0673 e. The number of hydrogen-bond donors (Lipinski definition) is 1. The fraction of sp³-hybridized carbons (Fsp3) is 0.333. The smallest absolute Gasteiger partial charge is 0.0673 e. The summed E-state index contributed by atoms with van der Waals surface area (Å²) in [6, 6.07) is 15.8. The first kappa shape index (κ1) is 12.3. The van der Waals surface area contributed by atoms with Gasteiger partial charge in [0.15, 0.2) is 0 Å². The van der Waals surface area contributed by atoms with Gasteiger partial charge in [-0.1, -0.05) is 43.3 Å². The summed E-state index contributed by atoms with van der Waals surface area (Å²) in [7, 11) is 0. The lowest BCUT2D eigenvalue weighted by atomic mass is 10.0. The Balaban J connectivity index is 2.25. The summed E-state index contributed by atoms with van der Waals surface area (Å²) in [5.41, 5.74) is 1.34. The molecule has 0 bridgehead atoms. The second kappa shape index (κ2) is 5.99. The van der Waals surface area contributed by atoms with E-state index in [1.165, 1.54) is 10.4 Å². The van der Waals surface area contributed by atoms with Gasteiger partial charge < -0.3 is 5.32 Å². The van der Waals surface area contributed by atoms with Crippen LogP contribution in [0.15, 0.2) is 47.8 Å². The Morgan fingerprint density at radius 2 is 1.88 bits per heavy atom. The lowest BCUT2D eigenvalue weighted by molar-refractivity contribution is 0.491. The third-order valence-corrected chi connectivity index (χ3v) is 3.96. The molecule has 0 spiro atoms. The van der Waals surface area contributed by atoms with Gasteiger partial charge in [-0.05, 0) is 30.4 Å². The molecule has 0 aliphatic rings. The Hall–Kier alpha value is -1.12. The Bertz CT molecular complexity index is 421. The van der Waals surface area contributed by atoms with E-state index in [2.05, 4.69) is 67.0 Å². The SMILES string of the molecule is CCC(C)NC(c1ccccc1)c1cccs1. The summed E-state index contributed by atoms with van der Waals surface area (Å²) in [6.45, 7) is 4.46. The molecule has 1 aromatic carbocycles. The van der Waals surface area contributed by atoms with E-state index in [4.69, 9.17) is 0 Å². The quantitative estimate of drug-likeness (QED) is 0.831. The molecule has 2 heteroatoms. The first-order chi connectivity index (χ1) is 8.31. The maximum atomic E-state index is 3.70. The van der Waals surface area contributed by atoms with Crippen molar-refractivity contribution in [2.75, 3.05) is 0 Å². The van der Waals surface area contributed by atoms with E-state index in [0.717, 1.165) is 6.42 Å². The molecule has 0 saturated heterocycles. The van der Waals surface area contributed by atoms with Crippen LogP contribution in [0, 0.1) is 0 Å². The first-order valence-electron chi connectivity index (χ1n) is 6.15. The minimum Gasteiger partial charge on any atom is -0.303 e. The van der Waals surface area contributed by atoms with Gasteiger partial charge in [-0.2, -0.15) is 0 Å². The standard InChI is InChI=1S/C15H19NS/c1-3-12(2)16-15(14-10-7-11-17-14)13-8-5-4-6-9-13/h4-12,15-16H,3H2,1-2H3. The number of nitrogens with one attached hydrogen (secondary N) is 1. The van der Waals surface area contributed by atoms with Gasteiger partial charge in [0.05, 0.1) is 6.04 Å². The molecular formula is C15H19NS. The number of benzene rings is 1. The van der Waals surface area contributed by atoms with Crippen molar-refractivity contribution in [2.24, 2.45) is 0 Å². The minimum absolute atomic E-state index is 0.325. The molecule has 0 amide bonds. The zero-order valence-corrected chi connectivity index (χ0v) is 11.2. The van der Waals surface area contributed by atoms with Crippen molar-refractivity contribution >= 4 is 11.3 Å².